The molecular formula is C24H31N6O8P. The molecule has 14 nitrogen and oxygen atoms in total. The fraction of sp³-hybridized carbons (Fsp3) is 0.417. The maximum atomic E-state index is 13.8. The van der Waals surface area contributed by atoms with E-state index in [1.54, 1.807) is 38.1 Å². The molecule has 0 bridgehead atoms. The fourth-order valence-corrected chi connectivity index (χ4v) is 5.06. The lowest BCUT2D eigenvalue weighted by Gasteiger charge is -2.33. The maximum Gasteiger partial charge on any atom is 0.459 e. The number of fused-ring (bicyclic) bond motifs is 1. The Morgan fingerprint density at radius 1 is 1.23 bits per heavy atom. The second kappa shape index (κ2) is 12.5. The Bertz CT molecular complexity index is 1360. The van der Waals surface area contributed by atoms with Crippen molar-refractivity contribution in [3.05, 3.63) is 54.5 Å². The van der Waals surface area contributed by atoms with Gasteiger partial charge >= 0.3 is 13.7 Å². The third-order valence-corrected chi connectivity index (χ3v) is 7.24. The number of nitrogen functional groups attached to an aromatic ring is 1. The number of carbonyl (C=O) groups excluding carboxylic acids is 1. The molecule has 3 aromatic rings. The van der Waals surface area contributed by atoms with Gasteiger partial charge in [-0.1, -0.05) is 18.2 Å². The van der Waals surface area contributed by atoms with Gasteiger partial charge in [-0.05, 0) is 45.0 Å². The van der Waals surface area contributed by atoms with Crippen molar-refractivity contribution in [1.29, 1.82) is 5.26 Å². The summed E-state index contributed by atoms with van der Waals surface area (Å²) in [6, 6.07) is 11.6. The van der Waals surface area contributed by atoms with Crippen LogP contribution in [0.1, 0.15) is 32.6 Å². The first-order chi connectivity index (χ1) is 18.4. The number of para-hydroxylation sites is 1. The van der Waals surface area contributed by atoms with E-state index in [1.165, 1.54) is 35.7 Å². The summed E-state index contributed by atoms with van der Waals surface area (Å²) in [6.07, 6.45) is -2.93. The monoisotopic (exact) mass is 562 g/mol. The molecule has 5 atom stereocenters. The highest BCUT2D eigenvalue weighted by atomic mass is 31.2. The van der Waals surface area contributed by atoms with Gasteiger partial charge in [-0.2, -0.15) is 15.4 Å². The number of carbonyl (C=O) groups is 1. The molecule has 0 fully saturated rings. The van der Waals surface area contributed by atoms with E-state index in [2.05, 4.69) is 15.2 Å². The van der Waals surface area contributed by atoms with E-state index in [0.29, 0.717) is 5.52 Å². The molecule has 210 valence electrons. The number of rotatable bonds is 13. The molecule has 0 amide bonds. The Labute approximate surface area is 224 Å². The molecule has 1 aromatic carbocycles. The quantitative estimate of drug-likeness (QED) is 0.173. The number of anilines is 1. The first kappa shape index (κ1) is 30.0. The SMILES string of the molecule is CO[C@](C#N)(COP(=O)(N[C@@H](C)C(=O)OC(C)C)Oc1ccccc1)[C@@H](O)[C@@H](O)c1ccc2c(N)ncnn12. The van der Waals surface area contributed by atoms with Gasteiger partial charge in [-0.25, -0.2) is 14.1 Å². The molecule has 0 spiro atoms. The van der Waals surface area contributed by atoms with Crippen molar-refractivity contribution < 1.29 is 38.1 Å². The average molecular weight is 563 g/mol. The Balaban J connectivity index is 1.88. The number of esters is 1. The number of aromatic nitrogens is 3. The van der Waals surface area contributed by atoms with Gasteiger partial charge in [-0.3, -0.25) is 9.32 Å². The molecule has 0 saturated heterocycles. The molecule has 0 aliphatic heterocycles. The van der Waals surface area contributed by atoms with Crippen LogP contribution in [-0.2, 0) is 23.4 Å². The van der Waals surface area contributed by atoms with E-state index >= 15 is 0 Å². The molecular weight excluding hydrogens is 531 g/mol. The third kappa shape index (κ3) is 6.90. The minimum Gasteiger partial charge on any atom is -0.462 e. The summed E-state index contributed by atoms with van der Waals surface area (Å²) < 4.78 is 36.6. The van der Waals surface area contributed by atoms with Crippen LogP contribution in [0.25, 0.3) is 5.52 Å². The Morgan fingerprint density at radius 3 is 2.54 bits per heavy atom. The van der Waals surface area contributed by atoms with Crippen LogP contribution in [-0.4, -0.2) is 68.3 Å². The van der Waals surface area contributed by atoms with E-state index in [9.17, 15) is 24.8 Å². The van der Waals surface area contributed by atoms with Crippen molar-refractivity contribution in [3.8, 4) is 11.8 Å². The lowest BCUT2D eigenvalue weighted by atomic mass is 9.93. The smallest absolute Gasteiger partial charge is 0.459 e. The highest BCUT2D eigenvalue weighted by Gasteiger charge is 2.47. The summed E-state index contributed by atoms with van der Waals surface area (Å²) in [5.74, 6) is -0.453. The van der Waals surface area contributed by atoms with Crippen LogP contribution in [0.2, 0.25) is 0 Å². The van der Waals surface area contributed by atoms with Crippen molar-refractivity contribution in [2.75, 3.05) is 19.5 Å². The lowest BCUT2D eigenvalue weighted by molar-refractivity contribution is -0.149. The Kier molecular flexibility index (Phi) is 9.63. The first-order valence-corrected chi connectivity index (χ1v) is 13.4. The van der Waals surface area contributed by atoms with Gasteiger partial charge in [0.2, 0.25) is 5.60 Å². The van der Waals surface area contributed by atoms with Gasteiger partial charge in [0.05, 0.1) is 11.8 Å². The molecule has 1 unspecified atom stereocenters. The fourth-order valence-electron chi connectivity index (χ4n) is 3.54. The highest BCUT2D eigenvalue weighted by molar-refractivity contribution is 7.52. The van der Waals surface area contributed by atoms with Crippen molar-refractivity contribution >= 4 is 25.1 Å². The number of methoxy groups -OCH3 is 1. The van der Waals surface area contributed by atoms with E-state index in [0.717, 1.165) is 13.4 Å². The topological polar surface area (TPSA) is 204 Å². The van der Waals surface area contributed by atoms with Crippen LogP contribution >= 0.6 is 7.75 Å². The molecule has 39 heavy (non-hydrogen) atoms. The summed E-state index contributed by atoms with van der Waals surface area (Å²) in [7, 11) is -3.30. The molecule has 2 heterocycles. The number of hydrogen-bond acceptors (Lipinski definition) is 12. The second-order valence-corrected chi connectivity index (χ2v) is 10.5. The van der Waals surface area contributed by atoms with Crippen LogP contribution < -0.4 is 15.3 Å². The number of aliphatic hydroxyl groups is 2. The minimum absolute atomic E-state index is 0.0789. The minimum atomic E-state index is -4.41. The number of aliphatic hydroxyl groups excluding tert-OH is 2. The van der Waals surface area contributed by atoms with E-state index < -0.39 is 50.3 Å². The Morgan fingerprint density at radius 2 is 1.92 bits per heavy atom. The van der Waals surface area contributed by atoms with E-state index in [-0.39, 0.29) is 17.3 Å². The number of benzene rings is 1. The number of nitrogens with zero attached hydrogens (tertiary/aromatic N) is 4. The van der Waals surface area contributed by atoms with Crippen LogP contribution in [0.15, 0.2) is 48.8 Å². The molecule has 2 aromatic heterocycles. The molecule has 0 aliphatic carbocycles. The molecule has 0 radical (unpaired) electrons. The van der Waals surface area contributed by atoms with Gasteiger partial charge in [0.15, 0.2) is 5.82 Å². The van der Waals surface area contributed by atoms with Crippen LogP contribution in [0.4, 0.5) is 5.82 Å². The maximum absolute atomic E-state index is 13.8. The summed E-state index contributed by atoms with van der Waals surface area (Å²) in [5, 5.41) is 38.6. The van der Waals surface area contributed by atoms with Gasteiger partial charge in [0.25, 0.3) is 0 Å². The standard InChI is InChI=1S/C24H31N6O8P/c1-15(2)37-23(33)16(3)29-39(34,38-17-8-6-5-7-9-17)36-13-24(12-25,35-4)21(32)20(31)18-10-11-19-22(26)27-14-28-30(18)19/h5-11,14-16,20-21,31-32H,13H2,1-4H3,(H,29,34)(H2,26,27,28)/t16-,20-,21-,24+,39?/m0/s1. The van der Waals surface area contributed by atoms with Crippen molar-refractivity contribution in [1.82, 2.24) is 19.7 Å². The second-order valence-electron chi connectivity index (χ2n) is 8.81. The normalized spacial score (nSPS) is 17.0. The number of ether oxygens (including phenoxy) is 2. The predicted octanol–water partition coefficient (Wildman–Crippen LogP) is 1.75. The Hall–Kier alpha value is -3.57. The number of nitrogens with one attached hydrogen (secondary N) is 1. The molecule has 5 N–H and O–H groups in total. The van der Waals surface area contributed by atoms with Gasteiger partial charge in [0, 0.05) is 7.11 Å². The van der Waals surface area contributed by atoms with Gasteiger partial charge < -0.3 is 29.9 Å². The largest absolute Gasteiger partial charge is 0.462 e. The summed E-state index contributed by atoms with van der Waals surface area (Å²) in [4.78, 5) is 16.2. The summed E-state index contributed by atoms with van der Waals surface area (Å²) in [5.41, 5.74) is 4.03. The predicted molar refractivity (Wildman–Crippen MR) is 138 cm³/mol. The van der Waals surface area contributed by atoms with E-state index in [4.69, 9.17) is 24.3 Å². The first-order valence-electron chi connectivity index (χ1n) is 11.8. The van der Waals surface area contributed by atoms with Crippen molar-refractivity contribution in [2.45, 2.75) is 50.7 Å². The third-order valence-electron chi connectivity index (χ3n) is 5.62. The average Bonchev–Trinajstić information content (AvgIpc) is 3.34. The zero-order chi connectivity index (χ0) is 28.8. The summed E-state index contributed by atoms with van der Waals surface area (Å²) >= 11 is 0. The van der Waals surface area contributed by atoms with Crippen molar-refractivity contribution in [3.63, 3.8) is 0 Å². The molecule has 0 aliphatic rings. The highest BCUT2D eigenvalue weighted by Crippen LogP contribution is 2.46. The van der Waals surface area contributed by atoms with Crippen molar-refractivity contribution in [2.24, 2.45) is 0 Å². The molecule has 0 saturated carbocycles. The summed E-state index contributed by atoms with van der Waals surface area (Å²) in [6.45, 7) is 3.86. The number of nitrogens with two attached hydrogens (primary N) is 1. The van der Waals surface area contributed by atoms with Crippen LogP contribution in [0, 0.1) is 11.3 Å². The molecule has 3 rings (SSSR count). The van der Waals surface area contributed by atoms with E-state index in [1.807, 2.05) is 0 Å². The van der Waals surface area contributed by atoms with Crippen LogP contribution in [0.3, 0.4) is 0 Å². The van der Waals surface area contributed by atoms with Gasteiger partial charge in [-0.15, -0.1) is 0 Å². The van der Waals surface area contributed by atoms with Gasteiger partial charge in [0.1, 0.15) is 48.5 Å². The van der Waals surface area contributed by atoms with Crippen LogP contribution in [0.5, 0.6) is 5.75 Å². The lowest BCUT2D eigenvalue weighted by Crippen LogP contribution is -2.50. The number of hydrogen-bond donors (Lipinski definition) is 4. The zero-order valence-corrected chi connectivity index (χ0v) is 22.7. The molecule has 15 heteroatoms. The zero-order valence-electron chi connectivity index (χ0n) is 21.8. The number of nitriles is 1.